The summed E-state index contributed by atoms with van der Waals surface area (Å²) in [5, 5.41) is 98.4. The molecule has 35 N–H and O–H groups in total. The topological polar surface area (TPSA) is 784 Å². The number of H-pyrrole nitrogens is 2. The number of fused-ring (bicyclic) bond motifs is 1. The van der Waals surface area contributed by atoms with Crippen LogP contribution in [0.4, 0.5) is 0 Å². The lowest BCUT2D eigenvalue weighted by molar-refractivity contribution is -0.142. The Morgan fingerprint density at radius 3 is 1.42 bits per heavy atom. The van der Waals surface area contributed by atoms with Gasteiger partial charge in [0.25, 0.3) is 0 Å². The van der Waals surface area contributed by atoms with Crippen molar-refractivity contribution in [2.24, 2.45) is 46.4 Å². The Balaban J connectivity index is 1.62. The third-order valence-electron chi connectivity index (χ3n) is 20.2. The summed E-state index contributed by atoms with van der Waals surface area (Å²) in [6, 6.07) is -14.3. The molecule has 0 spiro atoms. The molecule has 1 aliphatic heterocycles. The quantitative estimate of drug-likeness (QED) is 0.0142. The maximum Gasteiger partial charge on any atom is 0.305 e. The number of aliphatic hydroxyl groups excluding tert-OH is 2. The number of carboxylic acid groups (broad SMARTS) is 1. The summed E-state index contributed by atoms with van der Waals surface area (Å²) in [4.78, 5) is 233. The molecular formula is C77H126N28O19S. The van der Waals surface area contributed by atoms with Gasteiger partial charge in [0.15, 0.2) is 17.9 Å². The van der Waals surface area contributed by atoms with Gasteiger partial charge in [0, 0.05) is 62.2 Å². The van der Waals surface area contributed by atoms with E-state index < -0.39 is 235 Å². The van der Waals surface area contributed by atoms with Crippen LogP contribution in [0, 0.1) is 34.0 Å². The lowest BCUT2D eigenvalue weighted by Crippen LogP contribution is -2.62. The van der Waals surface area contributed by atoms with E-state index in [0.717, 1.165) is 0 Å². The van der Waals surface area contributed by atoms with Crippen molar-refractivity contribution in [1.82, 2.24) is 105 Å². The summed E-state index contributed by atoms with van der Waals surface area (Å²) in [6.45, 7) is 8.00. The van der Waals surface area contributed by atoms with Gasteiger partial charge in [-0.2, -0.15) is 11.8 Å². The molecule has 3 heterocycles. The molecule has 125 heavy (non-hydrogen) atoms. The molecule has 1 fully saturated rings. The molecule has 48 heteroatoms. The van der Waals surface area contributed by atoms with Crippen molar-refractivity contribution in [2.75, 3.05) is 51.4 Å². The summed E-state index contributed by atoms with van der Waals surface area (Å²) < 4.78 is 0. The number of imidazole rings is 1. The molecule has 15 amide bonds. The van der Waals surface area contributed by atoms with Gasteiger partial charge >= 0.3 is 5.97 Å². The second-order valence-corrected chi connectivity index (χ2v) is 32.0. The van der Waals surface area contributed by atoms with E-state index in [1.54, 1.807) is 64.4 Å². The van der Waals surface area contributed by atoms with Gasteiger partial charge in [-0.05, 0) is 119 Å². The fourth-order valence-corrected chi connectivity index (χ4v) is 13.6. The molecule has 694 valence electrons. The maximum absolute atomic E-state index is 15.0. The standard InChI is InChI=1S/C77H126N28O19S/c1-8-40(6)60(105-72(122)56(36-107)102-65(115)49(21-22-57(78)108)95-62(112)46-18-12-24-87-46)74(124)101-51(29-38(2)3)67(117)100-54(32-58(109)110)69(119)103-55(35-106)71(121)99-53(31-42-34-86-37-92-42)70(120)104-59(39(4)5)73(123)97-48(20-14-27-90-77(84)85)63(113)94-47(19-13-26-89-76(82)83)64(114)98-52(30-41-33-91-44-16-10-9-15-43(41)44)68(118)96-50(23-28-125-7)66(116)93-45(61(79)111)17-11-25-88-75(80)81/h9-10,15-16,33-34,37-40,45-56,59-60,87,91,106-107H,8,11-14,17-32,35-36H2,1-7H3,(H2,78,108)(H2,79,111)(H,86,92)(H,93,116)(H,94,113)(H,95,112)(H,96,118)(H,97,123)(H,98,114)(H,99,121)(H,100,117)(H,101,124)(H,102,115)(H,103,119)(H,104,120)(H,105,122)(H,109,110)(H4,80,81,88)(H4,82,83,89)(H4,84,85,90)/t40-,45-,46-,47-,48-,49-,50-,51-,52-,53-,54-,55-,56-,59-,60-/m0/s1. The number of hydrogen-bond acceptors (Lipinski definition) is 24. The van der Waals surface area contributed by atoms with Crippen LogP contribution in [0.3, 0.4) is 0 Å². The minimum atomic E-state index is -2.06. The Hall–Kier alpha value is -12.5. The second-order valence-electron chi connectivity index (χ2n) is 31.0. The number of aliphatic hydroxyl groups is 2. The Labute approximate surface area is 726 Å². The molecule has 15 atom stereocenters. The Morgan fingerprint density at radius 2 is 0.944 bits per heavy atom. The van der Waals surface area contributed by atoms with Crippen LogP contribution in [0.5, 0.6) is 0 Å². The van der Waals surface area contributed by atoms with Crippen molar-refractivity contribution >= 4 is 135 Å². The SMILES string of the molecule is CC[C@H](C)[C@H](NC(=O)[C@H](CO)NC(=O)[C@H](CCC(N)=O)NC(=O)[C@@H]1CCCN1)C(=O)N[C@@H](CC(C)C)C(=O)N[C@@H](CC(=O)O)C(=O)N[C@@H](CO)C(=O)N[C@@H](Cc1c[nH]cn1)C(=O)N[C@H](C(=O)N[C@@H](CCCNC(=N)N)C(=O)N[C@@H](CCCNC(=N)N)C(=O)N[C@@H](Cc1c[nH]c2ccccc12)C(=O)N[C@@H](CCSC)C(=O)N[C@@H](CCCNC(=N)N)C(N)=O)C(C)C. The van der Waals surface area contributed by atoms with Gasteiger partial charge in [0.05, 0.1) is 37.7 Å². The zero-order valence-electron chi connectivity index (χ0n) is 71.2. The molecule has 1 aromatic carbocycles. The van der Waals surface area contributed by atoms with Crippen molar-refractivity contribution < 1.29 is 92.0 Å². The van der Waals surface area contributed by atoms with Crippen LogP contribution < -0.4 is 119 Å². The van der Waals surface area contributed by atoms with Crippen molar-refractivity contribution in [3.05, 3.63) is 54.2 Å². The summed E-state index contributed by atoms with van der Waals surface area (Å²) in [6.07, 6.45) is 4.65. The van der Waals surface area contributed by atoms with E-state index in [1.807, 2.05) is 0 Å². The summed E-state index contributed by atoms with van der Waals surface area (Å²) in [5.74, 6) is -19.2. The average molecular weight is 1780 g/mol. The number of nitrogens with two attached hydrogens (primary N) is 5. The van der Waals surface area contributed by atoms with Crippen LogP contribution in [0.25, 0.3) is 10.9 Å². The van der Waals surface area contributed by atoms with E-state index in [0.29, 0.717) is 41.6 Å². The molecule has 4 rings (SSSR count). The van der Waals surface area contributed by atoms with Gasteiger partial charge in [0.1, 0.15) is 78.5 Å². The number of carbonyl (C=O) groups is 16. The zero-order valence-corrected chi connectivity index (χ0v) is 72.1. The highest BCUT2D eigenvalue weighted by atomic mass is 32.2. The number of primary amides is 2. The van der Waals surface area contributed by atoms with Crippen LogP contribution in [0.2, 0.25) is 0 Å². The molecule has 0 aliphatic carbocycles. The van der Waals surface area contributed by atoms with Gasteiger partial charge in [-0.3, -0.25) is 92.9 Å². The van der Waals surface area contributed by atoms with E-state index in [1.165, 1.54) is 38.1 Å². The largest absolute Gasteiger partial charge is 0.481 e. The number of carboxylic acids is 1. The number of aromatic nitrogens is 3. The molecule has 1 aliphatic rings. The summed E-state index contributed by atoms with van der Waals surface area (Å²) in [5.41, 5.74) is 28.9. The van der Waals surface area contributed by atoms with Gasteiger partial charge in [0.2, 0.25) is 88.6 Å². The number of benzene rings is 1. The highest BCUT2D eigenvalue weighted by Gasteiger charge is 2.40. The Kier molecular flexibility index (Phi) is 45.5. The number of guanidine groups is 3. The van der Waals surface area contributed by atoms with Crippen molar-refractivity contribution in [3.8, 4) is 0 Å². The normalized spacial score (nSPS) is 15.7. The summed E-state index contributed by atoms with van der Waals surface area (Å²) >= 11 is 1.35. The minimum Gasteiger partial charge on any atom is -0.481 e. The number of aliphatic carboxylic acids is 1. The van der Waals surface area contributed by atoms with Gasteiger partial charge < -0.3 is 144 Å². The molecule has 1 saturated heterocycles. The van der Waals surface area contributed by atoms with Crippen LogP contribution in [-0.4, -0.2) is 279 Å². The maximum atomic E-state index is 15.0. The predicted octanol–water partition coefficient (Wildman–Crippen LogP) is -7.77. The Bertz CT molecular complexity index is 4170. The number of nitrogens with one attached hydrogen (secondary N) is 22. The molecular weight excluding hydrogens is 1650 g/mol. The molecule has 0 bridgehead atoms. The van der Waals surface area contributed by atoms with Crippen LogP contribution in [-0.2, 0) is 89.6 Å². The minimum absolute atomic E-state index is 0.00829. The monoisotopic (exact) mass is 1780 g/mol. The zero-order chi connectivity index (χ0) is 93.2. The van der Waals surface area contributed by atoms with Crippen LogP contribution in [0.15, 0.2) is 43.0 Å². The van der Waals surface area contributed by atoms with E-state index in [4.69, 9.17) is 44.9 Å². The first-order valence-electron chi connectivity index (χ1n) is 41.2. The number of thioether (sulfide) groups is 1. The molecule has 3 aromatic rings. The number of hydrogen-bond donors (Lipinski definition) is 30. The van der Waals surface area contributed by atoms with E-state index in [-0.39, 0.29) is 108 Å². The second kappa shape index (κ2) is 54.2. The fraction of sp³-hybridized carbons (Fsp3) is 0.610. The van der Waals surface area contributed by atoms with Crippen molar-refractivity contribution in [1.29, 1.82) is 16.2 Å². The number of aromatic amines is 2. The van der Waals surface area contributed by atoms with E-state index in [2.05, 4.69) is 105 Å². The first-order valence-corrected chi connectivity index (χ1v) is 42.5. The highest BCUT2D eigenvalue weighted by Crippen LogP contribution is 2.21. The fourth-order valence-electron chi connectivity index (χ4n) is 13.1. The van der Waals surface area contributed by atoms with Crippen LogP contribution >= 0.6 is 11.8 Å². The number of para-hydroxylation sites is 1. The van der Waals surface area contributed by atoms with Crippen molar-refractivity contribution in [2.45, 2.75) is 229 Å². The van der Waals surface area contributed by atoms with Crippen LogP contribution in [0.1, 0.15) is 143 Å². The average Bonchev–Trinajstić information content (AvgIpc) is 1.72. The molecule has 2 aromatic heterocycles. The number of nitrogens with zero attached hydrogens (tertiary/aromatic N) is 1. The first-order chi connectivity index (χ1) is 59.2. The molecule has 0 radical (unpaired) electrons. The van der Waals surface area contributed by atoms with Gasteiger partial charge in [-0.1, -0.05) is 66.2 Å². The summed E-state index contributed by atoms with van der Waals surface area (Å²) in [7, 11) is 0. The van der Waals surface area contributed by atoms with Crippen molar-refractivity contribution in [3.63, 3.8) is 0 Å². The number of amides is 15. The lowest BCUT2D eigenvalue weighted by Gasteiger charge is -2.30. The third-order valence-corrected chi connectivity index (χ3v) is 20.8. The molecule has 0 saturated carbocycles. The molecule has 47 nitrogen and oxygen atoms in total. The van der Waals surface area contributed by atoms with E-state index >= 15 is 4.79 Å². The smallest absolute Gasteiger partial charge is 0.305 e. The number of carbonyl (C=O) groups excluding carboxylic acids is 15. The first kappa shape index (κ1) is 105. The Morgan fingerprint density at radius 1 is 0.512 bits per heavy atom. The van der Waals surface area contributed by atoms with Gasteiger partial charge in [-0.25, -0.2) is 4.98 Å². The third kappa shape index (κ3) is 37.2. The van der Waals surface area contributed by atoms with E-state index in [9.17, 15) is 87.2 Å². The highest BCUT2D eigenvalue weighted by molar-refractivity contribution is 7.98. The van der Waals surface area contributed by atoms with Gasteiger partial charge in [-0.15, -0.1) is 0 Å². The predicted molar refractivity (Wildman–Crippen MR) is 459 cm³/mol. The lowest BCUT2D eigenvalue weighted by atomic mass is 9.96. The number of rotatable bonds is 58. The molecule has 0 unspecified atom stereocenters.